The lowest BCUT2D eigenvalue weighted by Crippen LogP contribution is -2.31. The van der Waals surface area contributed by atoms with Crippen LogP contribution in [-0.2, 0) is 43.0 Å². The highest BCUT2D eigenvalue weighted by atomic mass is 32.1. The number of hydrazone groups is 1. The monoisotopic (exact) mass is 1180 g/mol. The van der Waals surface area contributed by atoms with Crippen LogP contribution in [0.15, 0.2) is 121 Å². The maximum Gasteiger partial charge on any atom is 0.330 e. The molecule has 0 spiro atoms. The van der Waals surface area contributed by atoms with E-state index in [1.807, 2.05) is 24.3 Å². The predicted octanol–water partition coefficient (Wildman–Crippen LogP) is 12.7. The molecule has 18 nitrogen and oxygen atoms in total. The number of unbranched alkanes of at least 4 members (excludes halogenated alkanes) is 8. The Balaban J connectivity index is 0.826. The molecule has 85 heavy (non-hydrogen) atoms. The molecule has 3 aliphatic rings. The normalized spacial score (nSPS) is 17.8. The molecular formula is C66H77N3O15S. The molecule has 0 bridgehead atoms. The van der Waals surface area contributed by atoms with Gasteiger partial charge in [0.05, 0.1) is 79.7 Å². The van der Waals surface area contributed by atoms with Crippen molar-refractivity contribution in [2.75, 3.05) is 44.6 Å². The van der Waals surface area contributed by atoms with Crippen molar-refractivity contribution in [3.05, 3.63) is 122 Å². The molecule has 5 aromatic rings. The molecule has 8 rings (SSSR count). The number of rotatable bonds is 33. The van der Waals surface area contributed by atoms with Crippen LogP contribution in [-0.4, -0.2) is 92.7 Å². The average Bonchev–Trinajstić information content (AvgIpc) is 4.34. The number of allylic oxidation sites excluding steroid dienone is 1. The van der Waals surface area contributed by atoms with Crippen molar-refractivity contribution < 1.29 is 71.4 Å². The Morgan fingerprint density at radius 2 is 1.02 bits per heavy atom. The molecule has 19 heteroatoms. The second kappa shape index (κ2) is 33.7. The second-order valence-corrected chi connectivity index (χ2v) is 22.4. The van der Waals surface area contributed by atoms with Gasteiger partial charge in [0.2, 0.25) is 5.13 Å². The van der Waals surface area contributed by atoms with Gasteiger partial charge in [0.15, 0.2) is 12.1 Å². The number of carbonyl (C=O) groups excluding carboxylic acids is 6. The summed E-state index contributed by atoms with van der Waals surface area (Å²) in [5.74, 6) is -1.08. The van der Waals surface area contributed by atoms with E-state index in [0.29, 0.717) is 125 Å². The number of ether oxygens (including phenoxy) is 9. The summed E-state index contributed by atoms with van der Waals surface area (Å²) in [6.45, 7) is 9.48. The standard InChI is InChI=1S/C66H77N3O15S/c1-3-51(70)17-11-7-5-6-8-14-38-76-52-28-32-55(33-29-52)82-63(73)47-24-26-49(27-25-47)65(75)84-58-37-36-56(43-50(58)44-67-69(45-61-79-41-42-80-61)66-68-57-18-12-13-19-59(57)85-66)83-64(74)48-22-20-46(21-23-48)62(72)81-54-34-30-53(31-35-54)77-39-15-9-10-16-40-78-60(71)4-2/h3-4,12-13,18-19,28-37,43-44,46-49,61H,1-2,5-11,14-17,20-27,38-42,45H2/b67-44+. The zero-order valence-electron chi connectivity index (χ0n) is 48.2. The number of carbonyl (C=O) groups is 6. The topological polar surface area (TPSA) is 214 Å². The summed E-state index contributed by atoms with van der Waals surface area (Å²) in [6.07, 6.45) is 17.0. The van der Waals surface area contributed by atoms with Gasteiger partial charge in [0.1, 0.15) is 34.5 Å². The minimum atomic E-state index is -0.567. The quantitative estimate of drug-likeness (QED) is 0.00953. The summed E-state index contributed by atoms with van der Waals surface area (Å²) in [6, 6.07) is 26.4. The van der Waals surface area contributed by atoms with Crippen LogP contribution in [0, 0.1) is 23.7 Å². The summed E-state index contributed by atoms with van der Waals surface area (Å²) in [4.78, 5) is 81.7. The molecule has 3 fully saturated rings. The highest BCUT2D eigenvalue weighted by molar-refractivity contribution is 7.22. The highest BCUT2D eigenvalue weighted by Gasteiger charge is 2.34. The van der Waals surface area contributed by atoms with E-state index in [-0.39, 0.29) is 41.7 Å². The number of benzene rings is 4. The Labute approximate surface area is 500 Å². The Morgan fingerprint density at radius 3 is 1.55 bits per heavy atom. The maximum atomic E-state index is 14.0. The van der Waals surface area contributed by atoms with Crippen molar-refractivity contribution in [1.82, 2.24) is 4.98 Å². The average molecular weight is 1180 g/mol. The fourth-order valence-corrected chi connectivity index (χ4v) is 11.2. The van der Waals surface area contributed by atoms with Gasteiger partial charge in [0, 0.05) is 18.1 Å². The molecule has 1 aliphatic heterocycles. The highest BCUT2D eigenvalue weighted by Crippen LogP contribution is 2.36. The number of nitrogens with zero attached hydrogens (tertiary/aromatic N) is 3. The van der Waals surface area contributed by atoms with Crippen molar-refractivity contribution in [2.24, 2.45) is 28.8 Å². The third-order valence-electron chi connectivity index (χ3n) is 15.2. The number of hydrogen-bond donors (Lipinski definition) is 0. The minimum absolute atomic E-state index is 0.0974. The Kier molecular flexibility index (Phi) is 25.1. The third-order valence-corrected chi connectivity index (χ3v) is 16.2. The largest absolute Gasteiger partial charge is 0.494 e. The smallest absolute Gasteiger partial charge is 0.330 e. The van der Waals surface area contributed by atoms with Gasteiger partial charge in [-0.3, -0.25) is 24.0 Å². The summed E-state index contributed by atoms with van der Waals surface area (Å²) in [5, 5.41) is 7.10. The van der Waals surface area contributed by atoms with Gasteiger partial charge >= 0.3 is 29.8 Å². The molecule has 0 amide bonds. The van der Waals surface area contributed by atoms with Gasteiger partial charge in [-0.05, 0) is 175 Å². The molecule has 1 aromatic heterocycles. The molecule has 1 saturated heterocycles. The van der Waals surface area contributed by atoms with Crippen LogP contribution in [0.2, 0.25) is 0 Å². The van der Waals surface area contributed by atoms with Crippen LogP contribution in [0.1, 0.15) is 128 Å². The van der Waals surface area contributed by atoms with Crippen molar-refractivity contribution >= 4 is 68.5 Å². The lowest BCUT2D eigenvalue weighted by atomic mass is 9.82. The lowest BCUT2D eigenvalue weighted by Gasteiger charge is -2.26. The summed E-state index contributed by atoms with van der Waals surface area (Å²) in [7, 11) is 0. The van der Waals surface area contributed by atoms with E-state index in [1.54, 1.807) is 71.7 Å². The first-order chi connectivity index (χ1) is 41.5. The maximum absolute atomic E-state index is 14.0. The summed E-state index contributed by atoms with van der Waals surface area (Å²) in [5.41, 5.74) is 1.16. The number of fused-ring (bicyclic) bond motifs is 1. The fraction of sp³-hybridized carbons (Fsp3) is 0.455. The first-order valence-corrected chi connectivity index (χ1v) is 30.6. The molecule has 0 N–H and O–H groups in total. The van der Waals surface area contributed by atoms with Crippen LogP contribution < -0.4 is 33.4 Å². The number of ketones is 1. The zero-order valence-corrected chi connectivity index (χ0v) is 49.1. The molecule has 0 unspecified atom stereocenters. The number of aromatic nitrogens is 1. The van der Waals surface area contributed by atoms with E-state index in [4.69, 9.17) is 52.7 Å². The minimum Gasteiger partial charge on any atom is -0.494 e. The molecule has 2 heterocycles. The summed E-state index contributed by atoms with van der Waals surface area (Å²) < 4.78 is 52.9. The number of thiazole rings is 1. The predicted molar refractivity (Wildman–Crippen MR) is 321 cm³/mol. The van der Waals surface area contributed by atoms with Crippen molar-refractivity contribution in [2.45, 2.75) is 128 Å². The Morgan fingerprint density at radius 1 is 0.553 bits per heavy atom. The zero-order chi connectivity index (χ0) is 59.6. The molecule has 2 saturated carbocycles. The van der Waals surface area contributed by atoms with E-state index < -0.39 is 42.0 Å². The van der Waals surface area contributed by atoms with E-state index in [1.165, 1.54) is 23.6 Å². The second-order valence-electron chi connectivity index (χ2n) is 21.4. The molecular weight excluding hydrogens is 1110 g/mol. The van der Waals surface area contributed by atoms with E-state index >= 15 is 0 Å². The first-order valence-electron chi connectivity index (χ1n) is 29.8. The SMILES string of the molecule is C=CC(=O)CCCCCCCCOc1ccc(OC(=O)C2CCC(C(=O)Oc3ccc(OC(=O)C4CCC(C(=O)Oc5ccc(OCCCCCCOC(=O)C=C)cc5)CC4)cc3/C=N/N(CC3OCCO3)c3nc4ccccc4s3)CC2)cc1. The van der Waals surface area contributed by atoms with Gasteiger partial charge < -0.3 is 42.6 Å². The van der Waals surface area contributed by atoms with Gasteiger partial charge in [0.25, 0.3) is 0 Å². The van der Waals surface area contributed by atoms with Crippen molar-refractivity contribution in [3.63, 3.8) is 0 Å². The van der Waals surface area contributed by atoms with Crippen LogP contribution >= 0.6 is 11.3 Å². The van der Waals surface area contributed by atoms with Crippen LogP contribution in [0.5, 0.6) is 34.5 Å². The van der Waals surface area contributed by atoms with Gasteiger partial charge in [-0.2, -0.15) is 5.10 Å². The van der Waals surface area contributed by atoms with Crippen LogP contribution in [0.4, 0.5) is 5.13 Å². The molecule has 0 radical (unpaired) electrons. The molecule has 0 atom stereocenters. The van der Waals surface area contributed by atoms with E-state index in [2.05, 4.69) is 13.2 Å². The van der Waals surface area contributed by atoms with Gasteiger partial charge in [-0.25, -0.2) is 14.8 Å². The number of esters is 5. The molecule has 452 valence electrons. The first kappa shape index (κ1) is 63.3. The number of anilines is 1. The lowest BCUT2D eigenvalue weighted by molar-refractivity contribution is -0.145. The Hall–Kier alpha value is -7.74. The fourth-order valence-electron chi connectivity index (χ4n) is 10.2. The van der Waals surface area contributed by atoms with Gasteiger partial charge in [-0.1, -0.05) is 62.3 Å². The van der Waals surface area contributed by atoms with E-state index in [9.17, 15) is 28.8 Å². The number of para-hydroxylation sites is 1. The molecule has 4 aromatic carbocycles. The van der Waals surface area contributed by atoms with Gasteiger partial charge in [-0.15, -0.1) is 0 Å². The Bertz CT molecular complexity index is 3000. The van der Waals surface area contributed by atoms with Crippen molar-refractivity contribution in [1.29, 1.82) is 0 Å². The van der Waals surface area contributed by atoms with Crippen LogP contribution in [0.3, 0.4) is 0 Å². The number of hydrogen-bond acceptors (Lipinski definition) is 19. The summed E-state index contributed by atoms with van der Waals surface area (Å²) >= 11 is 1.45. The van der Waals surface area contributed by atoms with E-state index in [0.717, 1.165) is 80.5 Å². The molecule has 2 aliphatic carbocycles. The third kappa shape index (κ3) is 20.5. The van der Waals surface area contributed by atoms with Crippen LogP contribution in [0.25, 0.3) is 10.2 Å². The van der Waals surface area contributed by atoms with Crippen molar-refractivity contribution in [3.8, 4) is 34.5 Å².